The Morgan fingerprint density at radius 3 is 2.78 bits per heavy atom. The lowest BCUT2D eigenvalue weighted by molar-refractivity contribution is 1.11. The van der Waals surface area contributed by atoms with Gasteiger partial charge in [-0.15, -0.1) is 10.2 Å². The number of anilines is 1. The van der Waals surface area contributed by atoms with E-state index in [9.17, 15) is 0 Å². The van der Waals surface area contributed by atoms with Gasteiger partial charge in [-0.3, -0.25) is 4.40 Å². The van der Waals surface area contributed by atoms with E-state index in [1.165, 1.54) is 0 Å². The Morgan fingerprint density at radius 1 is 1.17 bits per heavy atom. The number of aryl methyl sites for hydroxylation is 1. The molecule has 18 heavy (non-hydrogen) atoms. The summed E-state index contributed by atoms with van der Waals surface area (Å²) < 4.78 is 2.89. The molecule has 3 rings (SSSR count). The average molecular weight is 303 g/mol. The third kappa shape index (κ3) is 1.76. The van der Waals surface area contributed by atoms with Crippen LogP contribution in [0, 0.1) is 6.92 Å². The van der Waals surface area contributed by atoms with Crippen molar-refractivity contribution < 1.29 is 0 Å². The highest BCUT2D eigenvalue weighted by molar-refractivity contribution is 9.10. The van der Waals surface area contributed by atoms with Gasteiger partial charge in [0.2, 0.25) is 0 Å². The first-order valence-corrected chi connectivity index (χ1v) is 6.31. The fourth-order valence-electron chi connectivity index (χ4n) is 1.91. The Kier molecular flexibility index (Phi) is 2.56. The van der Waals surface area contributed by atoms with Gasteiger partial charge in [-0.2, -0.15) is 0 Å². The molecule has 0 aliphatic carbocycles. The quantitative estimate of drug-likeness (QED) is 0.703. The van der Waals surface area contributed by atoms with Gasteiger partial charge in [-0.25, -0.2) is 0 Å². The number of nitrogen functional groups attached to an aromatic ring is 1. The summed E-state index contributed by atoms with van der Waals surface area (Å²) in [6, 6.07) is 9.77. The van der Waals surface area contributed by atoms with Crippen LogP contribution < -0.4 is 5.73 Å². The van der Waals surface area contributed by atoms with Crippen LogP contribution in [-0.2, 0) is 0 Å². The van der Waals surface area contributed by atoms with Crippen LogP contribution >= 0.6 is 15.9 Å². The van der Waals surface area contributed by atoms with Gasteiger partial charge in [-0.1, -0.05) is 15.9 Å². The lowest BCUT2D eigenvalue weighted by Crippen LogP contribution is -1.94. The smallest absolute Gasteiger partial charge is 0.170 e. The molecule has 0 saturated carbocycles. The lowest BCUT2D eigenvalue weighted by atomic mass is 10.1. The molecule has 90 valence electrons. The zero-order valence-corrected chi connectivity index (χ0v) is 11.3. The van der Waals surface area contributed by atoms with Crippen LogP contribution in [0.1, 0.15) is 5.56 Å². The molecule has 2 N–H and O–H groups in total. The van der Waals surface area contributed by atoms with Gasteiger partial charge in [0.1, 0.15) is 0 Å². The fourth-order valence-corrected chi connectivity index (χ4v) is 2.29. The maximum atomic E-state index is 6.02. The monoisotopic (exact) mass is 302 g/mol. The number of benzene rings is 1. The van der Waals surface area contributed by atoms with E-state index < -0.39 is 0 Å². The molecule has 0 radical (unpaired) electrons. The summed E-state index contributed by atoms with van der Waals surface area (Å²) in [5, 5.41) is 8.38. The molecule has 0 bridgehead atoms. The molecule has 0 fully saturated rings. The molecule has 0 saturated heterocycles. The van der Waals surface area contributed by atoms with E-state index in [0.717, 1.165) is 27.1 Å². The Labute approximate surface area is 113 Å². The first-order chi connectivity index (χ1) is 8.65. The van der Waals surface area contributed by atoms with Crippen LogP contribution in [0.4, 0.5) is 5.69 Å². The zero-order valence-electron chi connectivity index (χ0n) is 9.76. The second-order valence-electron chi connectivity index (χ2n) is 4.19. The predicted octanol–water partition coefficient (Wildman–Crippen LogP) is 3.05. The highest BCUT2D eigenvalue weighted by Gasteiger charge is 2.10. The van der Waals surface area contributed by atoms with Crippen LogP contribution in [-0.4, -0.2) is 14.6 Å². The predicted molar refractivity (Wildman–Crippen MR) is 75.3 cm³/mol. The Morgan fingerprint density at radius 2 is 2.00 bits per heavy atom. The van der Waals surface area contributed by atoms with Gasteiger partial charge in [0.05, 0.1) is 0 Å². The number of hydrogen-bond donors (Lipinski definition) is 1. The number of hydrogen-bond acceptors (Lipinski definition) is 3. The highest BCUT2D eigenvalue weighted by atomic mass is 79.9. The summed E-state index contributed by atoms with van der Waals surface area (Å²) in [6.45, 7) is 2.03. The first kappa shape index (κ1) is 11.2. The van der Waals surface area contributed by atoms with Crippen LogP contribution in [0.3, 0.4) is 0 Å². The maximum Gasteiger partial charge on any atom is 0.170 e. The molecule has 0 aliphatic rings. The van der Waals surface area contributed by atoms with Crippen molar-refractivity contribution in [3.63, 3.8) is 0 Å². The standard InChI is InChI=1S/C13H11BrN4/c1-8-4-5-18-12(6-8)16-17-13(18)10-3-2-9(14)7-11(10)15/h2-7H,15H2,1H3. The molecule has 0 amide bonds. The Balaban J connectivity index is 2.25. The highest BCUT2D eigenvalue weighted by Crippen LogP contribution is 2.27. The number of pyridine rings is 1. The number of fused-ring (bicyclic) bond motifs is 1. The normalized spacial score (nSPS) is 11.0. The van der Waals surface area contributed by atoms with Crippen molar-refractivity contribution in [2.45, 2.75) is 6.92 Å². The second-order valence-corrected chi connectivity index (χ2v) is 5.10. The van der Waals surface area contributed by atoms with Crippen LogP contribution in [0.2, 0.25) is 0 Å². The van der Waals surface area contributed by atoms with Crippen molar-refractivity contribution in [1.82, 2.24) is 14.6 Å². The Bertz CT molecular complexity index is 733. The molecule has 4 nitrogen and oxygen atoms in total. The van der Waals surface area contributed by atoms with Crippen LogP contribution in [0.15, 0.2) is 41.0 Å². The van der Waals surface area contributed by atoms with E-state index in [1.54, 1.807) is 0 Å². The van der Waals surface area contributed by atoms with E-state index in [2.05, 4.69) is 26.1 Å². The zero-order chi connectivity index (χ0) is 12.7. The first-order valence-electron chi connectivity index (χ1n) is 5.52. The van der Waals surface area contributed by atoms with Crippen LogP contribution in [0.5, 0.6) is 0 Å². The summed E-state index contributed by atoms with van der Waals surface area (Å²) in [5.41, 5.74) is 9.57. The van der Waals surface area contributed by atoms with Gasteiger partial charge in [0.25, 0.3) is 0 Å². The summed E-state index contributed by atoms with van der Waals surface area (Å²) in [6.07, 6.45) is 1.96. The molecule has 1 aromatic carbocycles. The van der Waals surface area contributed by atoms with E-state index in [0.29, 0.717) is 5.69 Å². The van der Waals surface area contributed by atoms with E-state index >= 15 is 0 Å². The van der Waals surface area contributed by atoms with Gasteiger partial charge in [0, 0.05) is 21.9 Å². The lowest BCUT2D eigenvalue weighted by Gasteiger charge is -2.04. The van der Waals surface area contributed by atoms with Gasteiger partial charge in [-0.05, 0) is 42.8 Å². The molecule has 0 atom stereocenters. The van der Waals surface area contributed by atoms with E-state index in [1.807, 2.05) is 47.9 Å². The second kappa shape index (κ2) is 4.10. The summed E-state index contributed by atoms with van der Waals surface area (Å²) in [5.74, 6) is 0.759. The summed E-state index contributed by atoms with van der Waals surface area (Å²) >= 11 is 3.40. The molecule has 2 heterocycles. The SMILES string of the molecule is Cc1ccn2c(-c3ccc(Br)cc3N)nnc2c1. The maximum absolute atomic E-state index is 6.02. The van der Waals surface area contributed by atoms with Crippen molar-refractivity contribution in [3.8, 4) is 11.4 Å². The summed E-state index contributed by atoms with van der Waals surface area (Å²) in [7, 11) is 0. The molecule has 3 aromatic rings. The van der Waals surface area contributed by atoms with Crippen LogP contribution in [0.25, 0.3) is 17.0 Å². The van der Waals surface area contributed by atoms with Crippen molar-refractivity contribution in [2.24, 2.45) is 0 Å². The third-order valence-electron chi connectivity index (χ3n) is 2.82. The minimum absolute atomic E-state index is 0.680. The minimum Gasteiger partial charge on any atom is -0.398 e. The van der Waals surface area contributed by atoms with Crippen molar-refractivity contribution in [2.75, 3.05) is 5.73 Å². The molecule has 2 aromatic heterocycles. The van der Waals surface area contributed by atoms with E-state index in [-0.39, 0.29) is 0 Å². The number of nitrogens with zero attached hydrogens (tertiary/aromatic N) is 3. The van der Waals surface area contributed by atoms with Gasteiger partial charge in [0.15, 0.2) is 11.5 Å². The third-order valence-corrected chi connectivity index (χ3v) is 3.31. The van der Waals surface area contributed by atoms with Crippen molar-refractivity contribution >= 4 is 27.3 Å². The van der Waals surface area contributed by atoms with Crippen molar-refractivity contribution in [3.05, 3.63) is 46.6 Å². The van der Waals surface area contributed by atoms with Gasteiger partial charge < -0.3 is 5.73 Å². The average Bonchev–Trinajstić information content (AvgIpc) is 2.72. The topological polar surface area (TPSA) is 56.2 Å². The number of nitrogens with two attached hydrogens (primary N) is 1. The molecule has 0 spiro atoms. The Hall–Kier alpha value is -1.88. The number of rotatable bonds is 1. The van der Waals surface area contributed by atoms with E-state index in [4.69, 9.17) is 5.73 Å². The number of halogens is 1. The molecule has 0 unspecified atom stereocenters. The molecular weight excluding hydrogens is 292 g/mol. The fraction of sp³-hybridized carbons (Fsp3) is 0.0769. The minimum atomic E-state index is 0.680. The molecule has 0 aliphatic heterocycles. The van der Waals surface area contributed by atoms with Gasteiger partial charge >= 0.3 is 0 Å². The molecule has 5 heteroatoms. The number of aromatic nitrogens is 3. The largest absolute Gasteiger partial charge is 0.398 e. The van der Waals surface area contributed by atoms with Crippen molar-refractivity contribution in [1.29, 1.82) is 0 Å². The summed E-state index contributed by atoms with van der Waals surface area (Å²) in [4.78, 5) is 0. The molecular formula is C13H11BrN4.